The Morgan fingerprint density at radius 3 is 2.71 bits per heavy atom. The number of carbonyl (C=O) groups excluding carboxylic acids is 1. The second kappa shape index (κ2) is 6.43. The maximum absolute atomic E-state index is 12.5. The molecule has 0 saturated carbocycles. The number of alkyl halides is 3. The molecule has 0 aliphatic carbocycles. The predicted molar refractivity (Wildman–Crippen MR) is 71.6 cm³/mol. The van der Waals surface area contributed by atoms with Crippen LogP contribution in [0.3, 0.4) is 0 Å². The quantitative estimate of drug-likeness (QED) is 0.933. The highest BCUT2D eigenvalue weighted by Crippen LogP contribution is 2.28. The number of pyridine rings is 1. The van der Waals surface area contributed by atoms with Crippen LogP contribution >= 0.6 is 0 Å². The van der Waals surface area contributed by atoms with Gasteiger partial charge in [0.1, 0.15) is 5.69 Å². The molecule has 116 valence electrons. The molecule has 0 aromatic carbocycles. The van der Waals surface area contributed by atoms with Crippen molar-refractivity contribution in [2.24, 2.45) is 5.73 Å². The highest BCUT2D eigenvalue weighted by atomic mass is 19.4. The van der Waals surface area contributed by atoms with Gasteiger partial charge in [-0.2, -0.15) is 13.2 Å². The summed E-state index contributed by atoms with van der Waals surface area (Å²) < 4.78 is 37.4. The van der Waals surface area contributed by atoms with Crippen molar-refractivity contribution in [3.8, 4) is 0 Å². The Bertz CT molecular complexity index is 485. The fraction of sp³-hybridized carbons (Fsp3) is 0.571. The summed E-state index contributed by atoms with van der Waals surface area (Å²) in [4.78, 5) is 17.5. The molecule has 0 radical (unpaired) electrons. The maximum Gasteiger partial charge on any atom is 0.433 e. The smallest absolute Gasteiger partial charge is 0.336 e. The van der Waals surface area contributed by atoms with Gasteiger partial charge in [0, 0.05) is 18.8 Å². The topological polar surface area (TPSA) is 59.2 Å². The van der Waals surface area contributed by atoms with Crippen molar-refractivity contribution in [1.82, 2.24) is 9.88 Å². The van der Waals surface area contributed by atoms with E-state index in [4.69, 9.17) is 5.73 Å². The molecule has 1 aromatic heterocycles. The first kappa shape index (κ1) is 15.8. The third-order valence-corrected chi connectivity index (χ3v) is 3.69. The number of amides is 1. The lowest BCUT2D eigenvalue weighted by Crippen LogP contribution is -2.44. The van der Waals surface area contributed by atoms with Gasteiger partial charge < -0.3 is 10.6 Å². The van der Waals surface area contributed by atoms with Crippen LogP contribution in [0.5, 0.6) is 0 Å². The summed E-state index contributed by atoms with van der Waals surface area (Å²) in [6.07, 6.45) is 0.0471. The molecule has 4 nitrogen and oxygen atoms in total. The highest BCUT2D eigenvalue weighted by Gasteiger charge is 2.33. The molecule has 0 bridgehead atoms. The molecule has 1 amide bonds. The minimum atomic E-state index is -4.49. The zero-order valence-electron chi connectivity index (χ0n) is 11.6. The maximum atomic E-state index is 12.5. The second-order valence-electron chi connectivity index (χ2n) is 5.16. The first-order valence-corrected chi connectivity index (χ1v) is 6.98. The largest absolute Gasteiger partial charge is 0.433 e. The lowest BCUT2D eigenvalue weighted by molar-refractivity contribution is -0.141. The summed E-state index contributed by atoms with van der Waals surface area (Å²) in [5.74, 6) is -0.269. The second-order valence-corrected chi connectivity index (χ2v) is 5.16. The average molecular weight is 301 g/mol. The normalized spacial score (nSPS) is 19.6. The molecule has 1 fully saturated rings. The summed E-state index contributed by atoms with van der Waals surface area (Å²) in [6, 6.07) is 2.10. The van der Waals surface area contributed by atoms with Gasteiger partial charge in [0.15, 0.2) is 0 Å². The van der Waals surface area contributed by atoms with Gasteiger partial charge >= 0.3 is 6.18 Å². The predicted octanol–water partition coefficient (Wildman–Crippen LogP) is 2.44. The third-order valence-electron chi connectivity index (χ3n) is 3.69. The van der Waals surface area contributed by atoms with Crippen LogP contribution in [0.15, 0.2) is 18.3 Å². The van der Waals surface area contributed by atoms with Gasteiger partial charge in [0.05, 0.1) is 5.56 Å². The summed E-state index contributed by atoms with van der Waals surface area (Å²) in [5, 5.41) is 0. The Morgan fingerprint density at radius 2 is 2.14 bits per heavy atom. The van der Waals surface area contributed by atoms with E-state index in [0.717, 1.165) is 31.5 Å². The van der Waals surface area contributed by atoms with Crippen LogP contribution in [0.1, 0.15) is 41.7 Å². The van der Waals surface area contributed by atoms with Gasteiger partial charge in [-0.3, -0.25) is 9.78 Å². The van der Waals surface area contributed by atoms with Gasteiger partial charge in [-0.25, -0.2) is 0 Å². The number of nitrogens with two attached hydrogens (primary N) is 1. The van der Waals surface area contributed by atoms with E-state index in [0.29, 0.717) is 19.5 Å². The number of likely N-dealkylation sites (tertiary alicyclic amines) is 1. The average Bonchev–Trinajstić information content (AvgIpc) is 2.47. The summed E-state index contributed by atoms with van der Waals surface area (Å²) >= 11 is 0. The molecule has 1 aromatic rings. The standard InChI is InChI=1S/C14H18F3N3O/c15-14(16,17)12-5-4-10(9-19-12)13(21)20-8-2-1-3-11(20)6-7-18/h4-5,9,11H,1-3,6-8,18H2/t11-/m0/s1. The van der Waals surface area contributed by atoms with Crippen LogP contribution in [-0.4, -0.2) is 34.9 Å². The number of hydrogen-bond donors (Lipinski definition) is 1. The SMILES string of the molecule is NCC[C@@H]1CCCCN1C(=O)c1ccc(C(F)(F)F)nc1. The van der Waals surface area contributed by atoms with Crippen LogP contribution in [-0.2, 0) is 6.18 Å². The Labute approximate surface area is 121 Å². The molecule has 1 atom stereocenters. The zero-order chi connectivity index (χ0) is 15.5. The van der Waals surface area contributed by atoms with E-state index in [-0.39, 0.29) is 17.5 Å². The molecule has 0 spiro atoms. The van der Waals surface area contributed by atoms with Crippen molar-refractivity contribution < 1.29 is 18.0 Å². The molecule has 21 heavy (non-hydrogen) atoms. The molecule has 2 N–H and O–H groups in total. The monoisotopic (exact) mass is 301 g/mol. The molecule has 1 aliphatic rings. The molecule has 1 saturated heterocycles. The Balaban J connectivity index is 2.14. The molecule has 2 heterocycles. The Kier molecular flexibility index (Phi) is 4.82. The zero-order valence-corrected chi connectivity index (χ0v) is 11.6. The Hall–Kier alpha value is -1.63. The first-order chi connectivity index (χ1) is 9.93. The van der Waals surface area contributed by atoms with Crippen LogP contribution in [0.2, 0.25) is 0 Å². The molecular weight excluding hydrogens is 283 g/mol. The highest BCUT2D eigenvalue weighted by molar-refractivity contribution is 5.94. The molecular formula is C14H18F3N3O. The van der Waals surface area contributed by atoms with E-state index in [1.165, 1.54) is 6.07 Å². The van der Waals surface area contributed by atoms with Crippen molar-refractivity contribution in [3.63, 3.8) is 0 Å². The summed E-state index contributed by atoms with van der Waals surface area (Å²) in [7, 11) is 0. The van der Waals surface area contributed by atoms with E-state index in [2.05, 4.69) is 4.98 Å². The minimum Gasteiger partial charge on any atom is -0.336 e. The molecule has 1 aliphatic heterocycles. The lowest BCUT2D eigenvalue weighted by Gasteiger charge is -2.35. The van der Waals surface area contributed by atoms with E-state index in [1.807, 2.05) is 0 Å². The number of nitrogens with zero attached hydrogens (tertiary/aromatic N) is 2. The van der Waals surface area contributed by atoms with Crippen molar-refractivity contribution in [2.45, 2.75) is 37.9 Å². The van der Waals surface area contributed by atoms with E-state index in [9.17, 15) is 18.0 Å². The van der Waals surface area contributed by atoms with Gasteiger partial charge in [-0.15, -0.1) is 0 Å². The summed E-state index contributed by atoms with van der Waals surface area (Å²) in [6.45, 7) is 1.10. The number of rotatable bonds is 3. The van der Waals surface area contributed by atoms with Crippen LogP contribution in [0.25, 0.3) is 0 Å². The Morgan fingerprint density at radius 1 is 1.38 bits per heavy atom. The van der Waals surface area contributed by atoms with Gasteiger partial charge in [-0.05, 0) is 44.4 Å². The van der Waals surface area contributed by atoms with Gasteiger partial charge in [0.2, 0.25) is 0 Å². The lowest BCUT2D eigenvalue weighted by atomic mass is 9.98. The van der Waals surface area contributed by atoms with Gasteiger partial charge in [0.25, 0.3) is 5.91 Å². The molecule has 0 unspecified atom stereocenters. The molecule has 7 heteroatoms. The van der Waals surface area contributed by atoms with Crippen molar-refractivity contribution >= 4 is 5.91 Å². The van der Waals surface area contributed by atoms with E-state index >= 15 is 0 Å². The van der Waals surface area contributed by atoms with Crippen LogP contribution < -0.4 is 5.73 Å². The number of halogens is 3. The summed E-state index contributed by atoms with van der Waals surface area (Å²) in [5.41, 5.74) is 4.75. The van der Waals surface area contributed by atoms with Crippen molar-refractivity contribution in [3.05, 3.63) is 29.6 Å². The van der Waals surface area contributed by atoms with E-state index < -0.39 is 11.9 Å². The first-order valence-electron chi connectivity index (χ1n) is 6.98. The van der Waals surface area contributed by atoms with Crippen LogP contribution in [0, 0.1) is 0 Å². The molecule has 2 rings (SSSR count). The number of hydrogen-bond acceptors (Lipinski definition) is 3. The van der Waals surface area contributed by atoms with Gasteiger partial charge in [-0.1, -0.05) is 0 Å². The van der Waals surface area contributed by atoms with Crippen molar-refractivity contribution in [2.75, 3.05) is 13.1 Å². The fourth-order valence-corrected chi connectivity index (χ4v) is 2.61. The third kappa shape index (κ3) is 3.72. The van der Waals surface area contributed by atoms with Crippen LogP contribution in [0.4, 0.5) is 13.2 Å². The van der Waals surface area contributed by atoms with E-state index in [1.54, 1.807) is 4.90 Å². The number of carbonyl (C=O) groups is 1. The number of aromatic nitrogens is 1. The number of piperidine rings is 1. The fourth-order valence-electron chi connectivity index (χ4n) is 2.61. The van der Waals surface area contributed by atoms with Crippen molar-refractivity contribution in [1.29, 1.82) is 0 Å². The minimum absolute atomic E-state index is 0.0681.